The van der Waals surface area contributed by atoms with Crippen molar-refractivity contribution in [2.24, 2.45) is 4.99 Å². The number of ether oxygens (including phenoxy) is 1. The van der Waals surface area contributed by atoms with E-state index in [0.717, 1.165) is 35.8 Å². The number of hydrogen-bond acceptors (Lipinski definition) is 6. The zero-order valence-corrected chi connectivity index (χ0v) is 13.0. The lowest BCUT2D eigenvalue weighted by Gasteiger charge is -2.02. The van der Waals surface area contributed by atoms with Gasteiger partial charge in [-0.3, -0.25) is 4.99 Å². The predicted molar refractivity (Wildman–Crippen MR) is 89.9 cm³/mol. The Morgan fingerprint density at radius 1 is 1.00 bits per heavy atom. The van der Waals surface area contributed by atoms with Crippen LogP contribution in [-0.4, -0.2) is 29.1 Å². The first kappa shape index (κ1) is 14.4. The summed E-state index contributed by atoms with van der Waals surface area (Å²) in [6.45, 7) is 1.99. The zero-order valence-electron chi connectivity index (χ0n) is 13.0. The summed E-state index contributed by atoms with van der Waals surface area (Å²) in [5.74, 6) is 2.70. The highest BCUT2D eigenvalue weighted by Crippen LogP contribution is 2.19. The van der Waals surface area contributed by atoms with Gasteiger partial charge in [0.15, 0.2) is 6.61 Å². The van der Waals surface area contributed by atoms with E-state index in [1.54, 1.807) is 0 Å². The van der Waals surface area contributed by atoms with Gasteiger partial charge in [-0.1, -0.05) is 35.5 Å². The summed E-state index contributed by atoms with van der Waals surface area (Å²) >= 11 is 0. The molecule has 3 aromatic rings. The van der Waals surface area contributed by atoms with E-state index >= 15 is 0 Å². The molecule has 0 radical (unpaired) electrons. The van der Waals surface area contributed by atoms with Crippen molar-refractivity contribution in [1.29, 1.82) is 0 Å². The molecule has 0 amide bonds. The number of amidine groups is 1. The van der Waals surface area contributed by atoms with E-state index in [2.05, 4.69) is 20.4 Å². The lowest BCUT2D eigenvalue weighted by Crippen LogP contribution is -2.19. The molecule has 6 nitrogen and oxygen atoms in total. The van der Waals surface area contributed by atoms with E-state index < -0.39 is 0 Å². The Kier molecular flexibility index (Phi) is 3.93. The Labute approximate surface area is 139 Å². The summed E-state index contributed by atoms with van der Waals surface area (Å²) in [6.07, 6.45) is 0. The van der Waals surface area contributed by atoms with Crippen LogP contribution in [0, 0.1) is 0 Å². The third-order valence-electron chi connectivity index (χ3n) is 3.66. The summed E-state index contributed by atoms with van der Waals surface area (Å²) in [7, 11) is 0. The molecule has 6 heteroatoms. The molecule has 0 fully saturated rings. The van der Waals surface area contributed by atoms with Gasteiger partial charge in [-0.25, -0.2) is 0 Å². The fourth-order valence-electron chi connectivity index (χ4n) is 2.46. The molecule has 120 valence electrons. The number of aromatic nitrogens is 2. The van der Waals surface area contributed by atoms with Crippen LogP contribution < -0.4 is 10.1 Å². The van der Waals surface area contributed by atoms with Crippen LogP contribution in [0.25, 0.3) is 11.5 Å². The molecule has 1 N–H and O–H groups in total. The van der Waals surface area contributed by atoms with Crippen molar-refractivity contribution in [3.63, 3.8) is 0 Å². The summed E-state index contributed by atoms with van der Waals surface area (Å²) in [5, 5.41) is 7.21. The second-order valence-corrected chi connectivity index (χ2v) is 5.35. The van der Waals surface area contributed by atoms with Crippen LogP contribution >= 0.6 is 0 Å². The molecule has 1 aromatic heterocycles. The van der Waals surface area contributed by atoms with Crippen LogP contribution in [0.5, 0.6) is 5.75 Å². The van der Waals surface area contributed by atoms with Crippen LogP contribution in [0.1, 0.15) is 11.4 Å². The Morgan fingerprint density at radius 3 is 2.54 bits per heavy atom. The molecule has 2 heterocycles. The van der Waals surface area contributed by atoms with E-state index in [0.29, 0.717) is 11.7 Å². The number of aliphatic imine (C=N–C) groups is 1. The Morgan fingerprint density at radius 2 is 1.79 bits per heavy atom. The lowest BCUT2D eigenvalue weighted by atomic mass is 10.1. The van der Waals surface area contributed by atoms with E-state index in [-0.39, 0.29) is 6.61 Å². The minimum absolute atomic E-state index is 0.270. The Bertz CT molecular complexity index is 841. The number of para-hydroxylation sites is 1. The van der Waals surface area contributed by atoms with Gasteiger partial charge < -0.3 is 14.6 Å². The second-order valence-electron chi connectivity index (χ2n) is 5.35. The van der Waals surface area contributed by atoms with Crippen LogP contribution in [0.3, 0.4) is 0 Å². The molecule has 4 rings (SSSR count). The fraction of sp³-hybridized carbons (Fsp3) is 0.167. The van der Waals surface area contributed by atoms with Crippen molar-refractivity contribution < 1.29 is 9.26 Å². The standard InChI is InChI=1S/C18H16N4O2/c1-2-4-15(5-3-1)23-12-16-21-18(24-22-16)14-8-6-13(7-9-14)17-19-10-11-20-17/h1-9H,10-12H2,(H,19,20). The van der Waals surface area contributed by atoms with E-state index in [4.69, 9.17) is 9.26 Å². The topological polar surface area (TPSA) is 72.5 Å². The molecular formula is C18H16N4O2. The maximum atomic E-state index is 5.62. The third kappa shape index (κ3) is 3.12. The van der Waals surface area contributed by atoms with Crippen LogP contribution in [-0.2, 0) is 6.61 Å². The number of nitrogens with one attached hydrogen (secondary N) is 1. The van der Waals surface area contributed by atoms with Gasteiger partial charge in [0.05, 0.1) is 6.54 Å². The molecule has 0 unspecified atom stereocenters. The molecular weight excluding hydrogens is 304 g/mol. The quantitative estimate of drug-likeness (QED) is 0.782. The van der Waals surface area contributed by atoms with Gasteiger partial charge in [0, 0.05) is 17.7 Å². The highest BCUT2D eigenvalue weighted by Gasteiger charge is 2.11. The van der Waals surface area contributed by atoms with Crippen molar-refractivity contribution in [2.45, 2.75) is 6.61 Å². The Balaban J connectivity index is 1.44. The largest absolute Gasteiger partial charge is 0.485 e. The van der Waals surface area contributed by atoms with Gasteiger partial charge >= 0.3 is 0 Å². The van der Waals surface area contributed by atoms with Crippen molar-refractivity contribution in [3.8, 4) is 17.2 Å². The first-order valence-corrected chi connectivity index (χ1v) is 7.78. The van der Waals surface area contributed by atoms with Gasteiger partial charge in [0.25, 0.3) is 5.89 Å². The SMILES string of the molecule is c1ccc(OCc2noc(-c3ccc(C4=NCCN4)cc3)n2)cc1. The van der Waals surface area contributed by atoms with Crippen LogP contribution in [0.15, 0.2) is 64.1 Å². The number of rotatable bonds is 5. The minimum atomic E-state index is 0.270. The van der Waals surface area contributed by atoms with Crippen molar-refractivity contribution in [3.05, 3.63) is 66.0 Å². The highest BCUT2D eigenvalue weighted by molar-refractivity contribution is 5.99. The Hall–Kier alpha value is -3.15. The number of nitrogens with zero attached hydrogens (tertiary/aromatic N) is 3. The maximum absolute atomic E-state index is 5.62. The van der Waals surface area contributed by atoms with E-state index in [9.17, 15) is 0 Å². The number of benzene rings is 2. The molecule has 0 saturated heterocycles. The summed E-state index contributed by atoms with van der Waals surface area (Å²) < 4.78 is 10.9. The molecule has 24 heavy (non-hydrogen) atoms. The van der Waals surface area contributed by atoms with E-state index in [1.807, 2.05) is 54.6 Å². The summed E-state index contributed by atoms with van der Waals surface area (Å²) in [4.78, 5) is 8.78. The fourth-order valence-corrected chi connectivity index (χ4v) is 2.46. The van der Waals surface area contributed by atoms with Gasteiger partial charge in [-0.15, -0.1) is 0 Å². The van der Waals surface area contributed by atoms with Gasteiger partial charge in [-0.2, -0.15) is 4.98 Å². The first-order chi connectivity index (χ1) is 11.9. The second kappa shape index (κ2) is 6.54. The van der Waals surface area contributed by atoms with Crippen LogP contribution in [0.2, 0.25) is 0 Å². The van der Waals surface area contributed by atoms with E-state index in [1.165, 1.54) is 0 Å². The van der Waals surface area contributed by atoms with Crippen molar-refractivity contribution >= 4 is 5.84 Å². The molecule has 0 saturated carbocycles. The van der Waals surface area contributed by atoms with Gasteiger partial charge in [0.1, 0.15) is 11.6 Å². The van der Waals surface area contributed by atoms with Crippen molar-refractivity contribution in [2.75, 3.05) is 13.1 Å². The smallest absolute Gasteiger partial charge is 0.258 e. The molecule has 0 spiro atoms. The molecule has 0 aliphatic carbocycles. The molecule has 2 aromatic carbocycles. The van der Waals surface area contributed by atoms with Gasteiger partial charge in [-0.05, 0) is 24.3 Å². The molecule has 0 atom stereocenters. The molecule has 0 bridgehead atoms. The maximum Gasteiger partial charge on any atom is 0.258 e. The monoisotopic (exact) mass is 320 g/mol. The summed E-state index contributed by atoms with van der Waals surface area (Å²) in [6, 6.07) is 17.5. The highest BCUT2D eigenvalue weighted by atomic mass is 16.5. The number of hydrogen-bond donors (Lipinski definition) is 1. The lowest BCUT2D eigenvalue weighted by molar-refractivity contribution is 0.287. The molecule has 1 aliphatic rings. The average molecular weight is 320 g/mol. The minimum Gasteiger partial charge on any atom is -0.485 e. The normalized spacial score (nSPS) is 13.4. The van der Waals surface area contributed by atoms with Crippen LogP contribution in [0.4, 0.5) is 0 Å². The zero-order chi connectivity index (χ0) is 16.2. The summed E-state index contributed by atoms with van der Waals surface area (Å²) in [5.41, 5.74) is 1.93. The third-order valence-corrected chi connectivity index (χ3v) is 3.66. The molecule has 1 aliphatic heterocycles. The van der Waals surface area contributed by atoms with Gasteiger partial charge in [0.2, 0.25) is 5.82 Å². The van der Waals surface area contributed by atoms with Crippen molar-refractivity contribution in [1.82, 2.24) is 15.5 Å². The first-order valence-electron chi connectivity index (χ1n) is 7.78. The predicted octanol–water partition coefficient (Wildman–Crippen LogP) is 2.67. The average Bonchev–Trinajstić information content (AvgIpc) is 3.33.